The summed E-state index contributed by atoms with van der Waals surface area (Å²) in [6.45, 7) is 7.51. The second-order valence-corrected chi connectivity index (χ2v) is 8.66. The number of hydrogen-bond donors (Lipinski definition) is 0. The topological polar surface area (TPSA) is 68.7 Å². The van der Waals surface area contributed by atoms with Crippen molar-refractivity contribution in [3.8, 4) is 5.75 Å². The van der Waals surface area contributed by atoms with E-state index in [4.69, 9.17) is 21.1 Å². The molecule has 2 aromatic carbocycles. The minimum atomic E-state index is -0.381. The number of para-hydroxylation sites is 1. The fourth-order valence-electron chi connectivity index (χ4n) is 3.23. The molecule has 0 aliphatic heterocycles. The van der Waals surface area contributed by atoms with Crippen LogP contribution in [0.2, 0.25) is 5.02 Å². The predicted molar refractivity (Wildman–Crippen MR) is 127 cm³/mol. The minimum absolute atomic E-state index is 0.0199. The van der Waals surface area contributed by atoms with Gasteiger partial charge >= 0.3 is 5.97 Å². The van der Waals surface area contributed by atoms with Crippen molar-refractivity contribution >= 4 is 45.6 Å². The number of amides is 1. The van der Waals surface area contributed by atoms with Crippen LogP contribution in [0.3, 0.4) is 0 Å². The van der Waals surface area contributed by atoms with Gasteiger partial charge in [-0.3, -0.25) is 14.5 Å². The van der Waals surface area contributed by atoms with E-state index in [0.29, 0.717) is 21.5 Å². The summed E-state index contributed by atoms with van der Waals surface area (Å²) in [4.78, 5) is 30.4. The Hall–Kier alpha value is -2.90. The van der Waals surface area contributed by atoms with Crippen LogP contribution in [0, 0.1) is 20.8 Å². The molecule has 0 saturated carbocycles. The zero-order chi connectivity index (χ0) is 23.3. The Balaban J connectivity index is 1.60. The molecule has 1 heterocycles. The first-order valence-corrected chi connectivity index (χ1v) is 11.4. The van der Waals surface area contributed by atoms with Crippen molar-refractivity contribution in [2.24, 2.45) is 0 Å². The van der Waals surface area contributed by atoms with Crippen LogP contribution < -0.4 is 9.64 Å². The lowest BCUT2D eigenvalue weighted by atomic mass is 10.1. The van der Waals surface area contributed by atoms with Gasteiger partial charge in [0.25, 0.3) is 0 Å². The monoisotopic (exact) mass is 472 g/mol. The smallest absolute Gasteiger partial charge is 0.309 e. The lowest BCUT2D eigenvalue weighted by Crippen LogP contribution is -2.24. The maximum absolute atomic E-state index is 12.4. The number of carbonyl (C=O) groups is 2. The van der Waals surface area contributed by atoms with Crippen molar-refractivity contribution in [3.05, 3.63) is 69.2 Å². The Morgan fingerprint density at radius 3 is 2.56 bits per heavy atom. The van der Waals surface area contributed by atoms with Crippen molar-refractivity contribution in [2.45, 2.75) is 40.7 Å². The second kappa shape index (κ2) is 10.6. The van der Waals surface area contributed by atoms with Gasteiger partial charge in [-0.25, -0.2) is 4.98 Å². The zero-order valence-corrected chi connectivity index (χ0v) is 20.0. The van der Waals surface area contributed by atoms with E-state index < -0.39 is 0 Å². The van der Waals surface area contributed by atoms with Gasteiger partial charge in [0.1, 0.15) is 12.4 Å². The van der Waals surface area contributed by atoms with Gasteiger partial charge in [0.2, 0.25) is 5.91 Å². The molecule has 0 bridgehead atoms. The van der Waals surface area contributed by atoms with E-state index >= 15 is 0 Å². The molecular weight excluding hydrogens is 448 g/mol. The summed E-state index contributed by atoms with van der Waals surface area (Å²) < 4.78 is 10.9. The Labute approximate surface area is 196 Å². The van der Waals surface area contributed by atoms with Crippen LogP contribution in [0.4, 0.5) is 10.8 Å². The van der Waals surface area contributed by atoms with E-state index in [1.807, 2.05) is 57.2 Å². The molecule has 1 amide bonds. The molecule has 3 rings (SSSR count). The summed E-state index contributed by atoms with van der Waals surface area (Å²) >= 11 is 7.73. The molecule has 0 radical (unpaired) electrons. The third-order valence-electron chi connectivity index (χ3n) is 4.71. The van der Waals surface area contributed by atoms with Crippen molar-refractivity contribution in [3.63, 3.8) is 0 Å². The first kappa shape index (κ1) is 23.8. The van der Waals surface area contributed by atoms with Gasteiger partial charge < -0.3 is 9.47 Å². The quantitative estimate of drug-likeness (QED) is 0.381. The summed E-state index contributed by atoms with van der Waals surface area (Å²) in [7, 11) is 0. The third-order valence-corrected chi connectivity index (χ3v) is 5.87. The summed E-state index contributed by atoms with van der Waals surface area (Å²) in [5.74, 6) is 0.165. The number of nitrogens with zero attached hydrogens (tertiary/aromatic N) is 2. The molecule has 0 aliphatic carbocycles. The molecular formula is C24H25ClN2O4S. The number of ether oxygens (including phenoxy) is 2. The van der Waals surface area contributed by atoms with Crippen LogP contribution in [0.5, 0.6) is 5.75 Å². The molecule has 0 atom stereocenters. The molecule has 0 N–H and O–H groups in total. The highest BCUT2D eigenvalue weighted by Gasteiger charge is 2.23. The molecule has 6 nitrogen and oxygen atoms in total. The molecule has 0 fully saturated rings. The van der Waals surface area contributed by atoms with Gasteiger partial charge in [-0.05, 0) is 49.6 Å². The highest BCUT2D eigenvalue weighted by Crippen LogP contribution is 2.37. The van der Waals surface area contributed by atoms with Gasteiger partial charge in [-0.1, -0.05) is 35.9 Å². The van der Waals surface area contributed by atoms with Crippen LogP contribution in [-0.4, -0.2) is 23.5 Å². The average molecular weight is 473 g/mol. The molecule has 1 aromatic heterocycles. The van der Waals surface area contributed by atoms with Crippen LogP contribution in [0.15, 0.2) is 41.8 Å². The standard InChI is InChI=1S/C24H25ClN2O4S/c1-15-11-17(3)23(20(25)12-15)27(18(4)28)24-26-19(14-32-24)13-31-22(29)9-10-30-21-8-6-5-7-16(21)2/h5-8,11-12,14H,9-10,13H2,1-4H3. The predicted octanol–water partition coefficient (Wildman–Crippen LogP) is 5.92. The third kappa shape index (κ3) is 5.87. The van der Waals surface area contributed by atoms with Gasteiger partial charge in [0.05, 0.1) is 29.4 Å². The second-order valence-electron chi connectivity index (χ2n) is 7.41. The Bertz CT molecular complexity index is 1110. The number of aromatic nitrogens is 1. The van der Waals surface area contributed by atoms with E-state index in [1.54, 1.807) is 5.38 Å². The van der Waals surface area contributed by atoms with Crippen molar-refractivity contribution in [1.82, 2.24) is 4.98 Å². The summed E-state index contributed by atoms with van der Waals surface area (Å²) in [5, 5.41) is 2.72. The van der Waals surface area contributed by atoms with E-state index in [2.05, 4.69) is 4.98 Å². The maximum atomic E-state index is 12.4. The van der Waals surface area contributed by atoms with Crippen molar-refractivity contribution < 1.29 is 19.1 Å². The van der Waals surface area contributed by atoms with Crippen LogP contribution in [0.1, 0.15) is 35.7 Å². The SMILES string of the molecule is CC(=O)N(c1nc(COC(=O)CCOc2ccccc2C)cs1)c1c(C)cc(C)cc1Cl. The van der Waals surface area contributed by atoms with Crippen molar-refractivity contribution in [1.29, 1.82) is 0 Å². The lowest BCUT2D eigenvalue weighted by molar-refractivity contribution is -0.145. The lowest BCUT2D eigenvalue weighted by Gasteiger charge is -2.22. The first-order chi connectivity index (χ1) is 15.3. The number of anilines is 2. The number of aryl methyl sites for hydroxylation is 3. The van der Waals surface area contributed by atoms with Gasteiger partial charge in [-0.15, -0.1) is 11.3 Å². The summed E-state index contributed by atoms with van der Waals surface area (Å²) in [6, 6.07) is 11.4. The maximum Gasteiger partial charge on any atom is 0.309 e. The average Bonchev–Trinajstić information content (AvgIpc) is 3.18. The minimum Gasteiger partial charge on any atom is -0.493 e. The highest BCUT2D eigenvalue weighted by atomic mass is 35.5. The fraction of sp³-hybridized carbons (Fsp3) is 0.292. The van der Waals surface area contributed by atoms with E-state index in [0.717, 1.165) is 22.4 Å². The van der Waals surface area contributed by atoms with Crippen molar-refractivity contribution in [2.75, 3.05) is 11.5 Å². The Morgan fingerprint density at radius 2 is 1.88 bits per heavy atom. The van der Waals surface area contributed by atoms with E-state index in [-0.39, 0.29) is 31.5 Å². The zero-order valence-electron chi connectivity index (χ0n) is 18.5. The molecule has 0 saturated heterocycles. The Kier molecular flexibility index (Phi) is 7.88. The number of halogens is 1. The largest absolute Gasteiger partial charge is 0.493 e. The number of rotatable bonds is 8. The van der Waals surface area contributed by atoms with Gasteiger partial charge in [-0.2, -0.15) is 0 Å². The molecule has 0 aliphatic rings. The number of carbonyl (C=O) groups excluding carboxylic acids is 2. The fourth-order valence-corrected chi connectivity index (χ4v) is 4.50. The molecule has 0 unspecified atom stereocenters. The number of benzene rings is 2. The summed E-state index contributed by atoms with van der Waals surface area (Å²) in [6.07, 6.45) is 0.128. The van der Waals surface area contributed by atoms with Crippen LogP contribution in [-0.2, 0) is 20.9 Å². The summed E-state index contributed by atoms with van der Waals surface area (Å²) in [5.41, 5.74) is 4.07. The Morgan fingerprint density at radius 1 is 1.12 bits per heavy atom. The van der Waals surface area contributed by atoms with Crippen LogP contribution >= 0.6 is 22.9 Å². The molecule has 3 aromatic rings. The number of esters is 1. The van der Waals surface area contributed by atoms with Crippen LogP contribution in [0.25, 0.3) is 0 Å². The van der Waals surface area contributed by atoms with Gasteiger partial charge in [0.15, 0.2) is 5.13 Å². The van der Waals surface area contributed by atoms with E-state index in [1.165, 1.54) is 23.2 Å². The first-order valence-electron chi connectivity index (χ1n) is 10.1. The van der Waals surface area contributed by atoms with Gasteiger partial charge in [0, 0.05) is 12.3 Å². The molecule has 32 heavy (non-hydrogen) atoms. The molecule has 8 heteroatoms. The molecule has 0 spiro atoms. The molecule has 168 valence electrons. The van der Waals surface area contributed by atoms with E-state index in [9.17, 15) is 9.59 Å². The normalized spacial score (nSPS) is 10.7. The highest BCUT2D eigenvalue weighted by molar-refractivity contribution is 7.14. The number of hydrogen-bond acceptors (Lipinski definition) is 6. The number of thiazole rings is 1.